The molecule has 0 bridgehead atoms. The first-order valence-corrected chi connectivity index (χ1v) is 5.72. The van der Waals surface area contributed by atoms with E-state index in [1.165, 1.54) is 13.3 Å². The molecule has 0 saturated carbocycles. The Morgan fingerprint density at radius 1 is 1.60 bits per heavy atom. The van der Waals surface area contributed by atoms with Gasteiger partial charge in [-0.3, -0.25) is 0 Å². The van der Waals surface area contributed by atoms with Crippen LogP contribution in [0.1, 0.15) is 29.5 Å². The topological polar surface area (TPSA) is 52.1 Å². The second-order valence-electron chi connectivity index (χ2n) is 2.98. The van der Waals surface area contributed by atoms with E-state index in [9.17, 15) is 4.79 Å². The van der Waals surface area contributed by atoms with E-state index in [0.29, 0.717) is 16.4 Å². The van der Waals surface area contributed by atoms with Crippen molar-refractivity contribution >= 4 is 17.7 Å². The predicted octanol–water partition coefficient (Wildman–Crippen LogP) is 2.07. The van der Waals surface area contributed by atoms with E-state index in [2.05, 4.69) is 21.6 Å². The third-order valence-electron chi connectivity index (χ3n) is 1.72. The molecule has 0 N–H and O–H groups in total. The molecule has 0 atom stereocenters. The number of aromatic nitrogens is 2. The largest absolute Gasteiger partial charge is 0.465 e. The maximum Gasteiger partial charge on any atom is 0.342 e. The molecule has 1 aromatic heterocycles. The van der Waals surface area contributed by atoms with E-state index in [-0.39, 0.29) is 5.97 Å². The molecule has 0 aliphatic carbocycles. The second-order valence-corrected chi connectivity index (χ2v) is 4.06. The smallest absolute Gasteiger partial charge is 0.342 e. The van der Waals surface area contributed by atoms with E-state index in [1.807, 2.05) is 0 Å². The number of esters is 1. The molecule has 1 aromatic rings. The minimum absolute atomic E-state index is 0.381. The Hall–Kier alpha value is -1.10. The summed E-state index contributed by atoms with van der Waals surface area (Å²) in [6, 6.07) is 0. The zero-order chi connectivity index (χ0) is 11.3. The van der Waals surface area contributed by atoms with Crippen molar-refractivity contribution < 1.29 is 9.53 Å². The summed E-state index contributed by atoms with van der Waals surface area (Å²) in [5.74, 6) is 1.22. The molecule has 0 aliphatic heterocycles. The van der Waals surface area contributed by atoms with E-state index < -0.39 is 0 Å². The number of ether oxygens (including phenoxy) is 1. The fraction of sp³-hybridized carbons (Fsp3) is 0.500. The molecule has 82 valence electrons. The molecule has 0 spiro atoms. The fourth-order valence-corrected chi connectivity index (χ4v) is 1.89. The van der Waals surface area contributed by atoms with E-state index >= 15 is 0 Å². The molecule has 0 aliphatic rings. The quantitative estimate of drug-likeness (QED) is 0.447. The predicted molar refractivity (Wildman–Crippen MR) is 59.1 cm³/mol. The van der Waals surface area contributed by atoms with Gasteiger partial charge in [0.1, 0.15) is 16.4 Å². The molecular weight excluding hydrogens is 212 g/mol. The number of rotatable bonds is 4. The number of hydrogen-bond acceptors (Lipinski definition) is 5. The van der Waals surface area contributed by atoms with Crippen LogP contribution in [0.3, 0.4) is 0 Å². The molecule has 1 rings (SSSR count). The molecule has 0 amide bonds. The molecule has 0 aromatic carbocycles. The third-order valence-corrected chi connectivity index (χ3v) is 2.92. The van der Waals surface area contributed by atoms with E-state index in [4.69, 9.17) is 0 Å². The van der Waals surface area contributed by atoms with Crippen LogP contribution in [0.15, 0.2) is 11.2 Å². The molecule has 0 unspecified atom stereocenters. The van der Waals surface area contributed by atoms with Crippen molar-refractivity contribution in [2.24, 2.45) is 0 Å². The summed E-state index contributed by atoms with van der Waals surface area (Å²) in [4.78, 5) is 19.6. The first-order chi connectivity index (χ1) is 7.19. The summed E-state index contributed by atoms with van der Waals surface area (Å²) in [6.45, 7) is 3.88. The van der Waals surface area contributed by atoms with Crippen LogP contribution >= 0.6 is 11.8 Å². The van der Waals surface area contributed by atoms with Crippen LogP contribution in [0.5, 0.6) is 0 Å². The monoisotopic (exact) mass is 226 g/mol. The number of thioether (sulfide) groups is 1. The molecule has 0 radical (unpaired) electrons. The van der Waals surface area contributed by atoms with Crippen LogP contribution in [-0.4, -0.2) is 28.8 Å². The Morgan fingerprint density at radius 3 is 2.93 bits per heavy atom. The standard InChI is InChI=1S/C10H14N2O2S/c1-4-5-15-9-8(10(13)14-3)6-11-7(2)12-9/h6H,4-5H2,1-3H3. The van der Waals surface area contributed by atoms with Gasteiger partial charge in [-0.1, -0.05) is 6.92 Å². The van der Waals surface area contributed by atoms with E-state index in [0.717, 1.165) is 12.2 Å². The van der Waals surface area contributed by atoms with Crippen molar-refractivity contribution in [3.8, 4) is 0 Å². The molecule has 15 heavy (non-hydrogen) atoms. The summed E-state index contributed by atoms with van der Waals surface area (Å²) < 4.78 is 4.66. The zero-order valence-corrected chi connectivity index (χ0v) is 9.93. The lowest BCUT2D eigenvalue weighted by Gasteiger charge is -2.05. The van der Waals surface area contributed by atoms with Crippen LogP contribution in [0.4, 0.5) is 0 Å². The fourth-order valence-electron chi connectivity index (χ4n) is 1.01. The summed E-state index contributed by atoms with van der Waals surface area (Å²) in [6.07, 6.45) is 2.56. The molecule has 5 heteroatoms. The normalized spacial score (nSPS) is 10.1. The van der Waals surface area contributed by atoms with Crippen molar-refractivity contribution in [3.05, 3.63) is 17.6 Å². The van der Waals surface area contributed by atoms with Gasteiger partial charge in [0.25, 0.3) is 0 Å². The lowest BCUT2D eigenvalue weighted by atomic mass is 10.3. The average molecular weight is 226 g/mol. The number of carbonyl (C=O) groups is 1. The highest BCUT2D eigenvalue weighted by Gasteiger charge is 2.14. The Kier molecular flexibility index (Phi) is 4.55. The van der Waals surface area contributed by atoms with Gasteiger partial charge in [0.05, 0.1) is 7.11 Å². The van der Waals surface area contributed by atoms with Crippen LogP contribution in [0.2, 0.25) is 0 Å². The molecule has 1 heterocycles. The van der Waals surface area contributed by atoms with Gasteiger partial charge < -0.3 is 4.74 Å². The molecular formula is C10H14N2O2S. The Bertz CT molecular complexity index is 355. The van der Waals surface area contributed by atoms with Crippen molar-refractivity contribution in [1.82, 2.24) is 9.97 Å². The lowest BCUT2D eigenvalue weighted by Crippen LogP contribution is -2.06. The number of methoxy groups -OCH3 is 1. The Labute approximate surface area is 93.5 Å². The van der Waals surface area contributed by atoms with Gasteiger partial charge >= 0.3 is 5.97 Å². The van der Waals surface area contributed by atoms with Crippen molar-refractivity contribution in [2.75, 3.05) is 12.9 Å². The van der Waals surface area contributed by atoms with Gasteiger partial charge in [-0.15, -0.1) is 11.8 Å². The first kappa shape index (κ1) is 12.0. The van der Waals surface area contributed by atoms with Crippen LogP contribution in [0.25, 0.3) is 0 Å². The number of nitrogens with zero attached hydrogens (tertiary/aromatic N) is 2. The number of aryl methyl sites for hydroxylation is 1. The molecule has 0 fully saturated rings. The highest BCUT2D eigenvalue weighted by Crippen LogP contribution is 2.21. The minimum atomic E-state index is -0.381. The van der Waals surface area contributed by atoms with Crippen molar-refractivity contribution in [3.63, 3.8) is 0 Å². The highest BCUT2D eigenvalue weighted by atomic mass is 32.2. The lowest BCUT2D eigenvalue weighted by molar-refractivity contribution is 0.0595. The van der Waals surface area contributed by atoms with Gasteiger partial charge in [-0.05, 0) is 19.1 Å². The van der Waals surface area contributed by atoms with E-state index in [1.54, 1.807) is 18.7 Å². The van der Waals surface area contributed by atoms with Crippen molar-refractivity contribution in [1.29, 1.82) is 0 Å². The van der Waals surface area contributed by atoms with Crippen LogP contribution in [-0.2, 0) is 4.74 Å². The Balaban J connectivity index is 2.97. The first-order valence-electron chi connectivity index (χ1n) is 4.73. The van der Waals surface area contributed by atoms with Gasteiger partial charge in [-0.2, -0.15) is 0 Å². The molecule has 0 saturated heterocycles. The zero-order valence-electron chi connectivity index (χ0n) is 9.11. The van der Waals surface area contributed by atoms with Gasteiger partial charge in [0.15, 0.2) is 0 Å². The summed E-state index contributed by atoms with van der Waals surface area (Å²) in [5.41, 5.74) is 0.446. The second kappa shape index (κ2) is 5.70. The SMILES string of the molecule is CCCSc1nc(C)ncc1C(=O)OC. The van der Waals surface area contributed by atoms with Gasteiger partial charge in [0, 0.05) is 6.20 Å². The van der Waals surface area contributed by atoms with Crippen LogP contribution in [0, 0.1) is 6.92 Å². The number of hydrogen-bond donors (Lipinski definition) is 0. The number of carbonyl (C=O) groups excluding carboxylic acids is 1. The molecule has 4 nitrogen and oxygen atoms in total. The Morgan fingerprint density at radius 2 is 2.33 bits per heavy atom. The van der Waals surface area contributed by atoms with Crippen LogP contribution < -0.4 is 0 Å². The summed E-state index contributed by atoms with van der Waals surface area (Å²) in [5, 5.41) is 0.705. The van der Waals surface area contributed by atoms with Gasteiger partial charge in [0.2, 0.25) is 0 Å². The average Bonchev–Trinajstić information content (AvgIpc) is 2.25. The maximum atomic E-state index is 11.4. The maximum absolute atomic E-state index is 11.4. The summed E-state index contributed by atoms with van der Waals surface area (Å²) in [7, 11) is 1.36. The van der Waals surface area contributed by atoms with Gasteiger partial charge in [-0.25, -0.2) is 14.8 Å². The van der Waals surface area contributed by atoms with Crippen molar-refractivity contribution in [2.45, 2.75) is 25.3 Å². The third kappa shape index (κ3) is 3.20. The minimum Gasteiger partial charge on any atom is -0.465 e. The highest BCUT2D eigenvalue weighted by molar-refractivity contribution is 7.99. The summed E-state index contributed by atoms with van der Waals surface area (Å²) >= 11 is 1.55.